The van der Waals surface area contributed by atoms with Crippen molar-refractivity contribution in [2.24, 2.45) is 0 Å². The molecule has 1 aromatic heterocycles. The third-order valence-electron chi connectivity index (χ3n) is 5.04. The number of hydrogen-bond acceptors (Lipinski definition) is 4. The molecule has 3 rings (SSSR count). The third-order valence-corrected chi connectivity index (χ3v) is 6.11. The van der Waals surface area contributed by atoms with Gasteiger partial charge in [0.2, 0.25) is 5.91 Å². The normalized spacial score (nSPS) is 13.4. The molecule has 1 N–H and O–H groups in total. The van der Waals surface area contributed by atoms with Crippen LogP contribution >= 0.6 is 11.8 Å². The Kier molecular flexibility index (Phi) is 7.32. The molecule has 2 aromatic carbocycles. The maximum Gasteiger partial charge on any atom is 0.262 e. The van der Waals surface area contributed by atoms with Crippen molar-refractivity contribution in [2.75, 3.05) is 0 Å². The van der Waals surface area contributed by atoms with Gasteiger partial charge in [0.15, 0.2) is 5.16 Å². The van der Waals surface area contributed by atoms with Crippen molar-refractivity contribution in [1.82, 2.24) is 14.9 Å². The molecule has 2 atom stereocenters. The lowest BCUT2D eigenvalue weighted by Gasteiger charge is -2.22. The molecule has 5 nitrogen and oxygen atoms in total. The number of amides is 1. The number of hydrogen-bond donors (Lipinski definition) is 1. The monoisotopic (exact) mass is 423 g/mol. The number of aromatic nitrogens is 2. The molecule has 1 amide bonds. The van der Waals surface area contributed by atoms with E-state index in [0.29, 0.717) is 16.1 Å². The van der Waals surface area contributed by atoms with E-state index in [0.717, 1.165) is 18.4 Å². The molecule has 0 saturated heterocycles. The molecule has 0 radical (unpaired) electrons. The highest BCUT2D eigenvalue weighted by Crippen LogP contribution is 2.26. The first-order chi connectivity index (χ1) is 14.4. The maximum absolute atomic E-state index is 13.0. The van der Waals surface area contributed by atoms with E-state index in [9.17, 15) is 9.59 Å². The van der Waals surface area contributed by atoms with Crippen LogP contribution in [0.5, 0.6) is 0 Å². The van der Waals surface area contributed by atoms with Crippen molar-refractivity contribution in [3.8, 4) is 0 Å². The van der Waals surface area contributed by atoms with Gasteiger partial charge in [-0.25, -0.2) is 4.98 Å². The highest BCUT2D eigenvalue weighted by molar-refractivity contribution is 8.00. The first-order valence-corrected chi connectivity index (χ1v) is 11.3. The summed E-state index contributed by atoms with van der Waals surface area (Å²) >= 11 is 1.33. The summed E-state index contributed by atoms with van der Waals surface area (Å²) in [5.41, 5.74) is 1.69. The number of rotatable bonds is 8. The predicted octanol–water partition coefficient (Wildman–Crippen LogP) is 5.12. The van der Waals surface area contributed by atoms with Crippen LogP contribution in [0.2, 0.25) is 0 Å². The van der Waals surface area contributed by atoms with Crippen LogP contribution in [0, 0.1) is 0 Å². The van der Waals surface area contributed by atoms with Gasteiger partial charge in [0.05, 0.1) is 22.2 Å². The minimum atomic E-state index is -0.383. The number of benzene rings is 2. The van der Waals surface area contributed by atoms with Crippen molar-refractivity contribution in [3.05, 3.63) is 70.5 Å². The SMILES string of the molecule is CCCC(NC(=O)C(C)Sc1nc2ccccc2c(=O)n1C(C)C)c1ccccc1. The molecule has 158 valence electrons. The zero-order valence-electron chi connectivity index (χ0n) is 18.0. The number of thioether (sulfide) groups is 1. The standard InChI is InChI=1S/C24H29N3O2S/c1-5-11-20(18-12-7-6-8-13-18)25-22(28)17(4)30-24-26-21-15-10-9-14-19(21)23(29)27(24)16(2)3/h6-10,12-17,20H,5,11H2,1-4H3,(H,25,28). The van der Waals surface area contributed by atoms with Gasteiger partial charge in [0.1, 0.15) is 0 Å². The van der Waals surface area contributed by atoms with E-state index in [4.69, 9.17) is 4.98 Å². The zero-order valence-corrected chi connectivity index (χ0v) is 18.8. The van der Waals surface area contributed by atoms with Crippen LogP contribution in [0.1, 0.15) is 58.2 Å². The minimum absolute atomic E-state index is 0.0244. The number of para-hydroxylation sites is 1. The first-order valence-electron chi connectivity index (χ1n) is 10.5. The Morgan fingerprint density at radius 2 is 1.73 bits per heavy atom. The fraction of sp³-hybridized carbons (Fsp3) is 0.375. The second kappa shape index (κ2) is 9.94. The maximum atomic E-state index is 13.0. The van der Waals surface area contributed by atoms with E-state index in [1.807, 2.05) is 69.3 Å². The van der Waals surface area contributed by atoms with Crippen molar-refractivity contribution in [3.63, 3.8) is 0 Å². The molecule has 1 heterocycles. The lowest BCUT2D eigenvalue weighted by Crippen LogP contribution is -2.35. The van der Waals surface area contributed by atoms with Crippen molar-refractivity contribution in [1.29, 1.82) is 0 Å². The molecule has 6 heteroatoms. The van der Waals surface area contributed by atoms with E-state index in [1.165, 1.54) is 11.8 Å². The van der Waals surface area contributed by atoms with Crippen molar-refractivity contribution >= 4 is 28.6 Å². The summed E-state index contributed by atoms with van der Waals surface area (Å²) < 4.78 is 1.68. The fourth-order valence-electron chi connectivity index (χ4n) is 3.46. The Morgan fingerprint density at radius 1 is 1.07 bits per heavy atom. The van der Waals surface area contributed by atoms with Gasteiger partial charge in [-0.05, 0) is 44.9 Å². The van der Waals surface area contributed by atoms with E-state index in [1.54, 1.807) is 10.6 Å². The predicted molar refractivity (Wildman–Crippen MR) is 124 cm³/mol. The van der Waals surface area contributed by atoms with E-state index >= 15 is 0 Å². The lowest BCUT2D eigenvalue weighted by atomic mass is 10.0. The molecule has 0 aliphatic carbocycles. The largest absolute Gasteiger partial charge is 0.348 e. The molecule has 0 bridgehead atoms. The van der Waals surface area contributed by atoms with Crippen LogP contribution in [0.4, 0.5) is 0 Å². The van der Waals surface area contributed by atoms with Gasteiger partial charge in [-0.15, -0.1) is 0 Å². The molecule has 0 aliphatic heterocycles. The highest BCUT2D eigenvalue weighted by Gasteiger charge is 2.23. The van der Waals surface area contributed by atoms with Gasteiger partial charge in [-0.2, -0.15) is 0 Å². The Hall–Kier alpha value is -2.60. The summed E-state index contributed by atoms with van der Waals surface area (Å²) in [6, 6.07) is 17.3. The van der Waals surface area contributed by atoms with Crippen molar-refractivity contribution < 1.29 is 4.79 Å². The van der Waals surface area contributed by atoms with Gasteiger partial charge in [-0.1, -0.05) is 67.6 Å². The summed E-state index contributed by atoms with van der Waals surface area (Å²) in [6.07, 6.45) is 1.85. The lowest BCUT2D eigenvalue weighted by molar-refractivity contribution is -0.121. The molecular weight excluding hydrogens is 394 g/mol. The summed E-state index contributed by atoms with van der Waals surface area (Å²) in [6.45, 7) is 7.89. The second-order valence-corrected chi connectivity index (χ2v) is 9.01. The zero-order chi connectivity index (χ0) is 21.7. The Labute approximate surface area is 181 Å². The van der Waals surface area contributed by atoms with Gasteiger partial charge in [0, 0.05) is 6.04 Å². The average molecular weight is 424 g/mol. The van der Waals surface area contributed by atoms with Crippen LogP contribution in [-0.2, 0) is 4.79 Å². The molecule has 3 aromatic rings. The van der Waals surface area contributed by atoms with Crippen LogP contribution in [0.15, 0.2) is 64.5 Å². The topological polar surface area (TPSA) is 64.0 Å². The quantitative estimate of drug-likeness (QED) is 0.404. The number of carbonyl (C=O) groups excluding carboxylic acids is 1. The fourth-order valence-corrected chi connectivity index (χ4v) is 4.51. The summed E-state index contributed by atoms with van der Waals surface area (Å²) in [5, 5.41) is 3.97. The third kappa shape index (κ3) is 4.93. The van der Waals surface area contributed by atoms with Crippen LogP contribution in [-0.4, -0.2) is 20.7 Å². The Bertz CT molecular complexity index is 1060. The molecule has 2 unspecified atom stereocenters. The number of nitrogens with zero attached hydrogens (tertiary/aromatic N) is 2. The minimum Gasteiger partial charge on any atom is -0.348 e. The molecule has 0 spiro atoms. The molecule has 0 aliphatic rings. The molecule has 0 saturated carbocycles. The van der Waals surface area contributed by atoms with Crippen LogP contribution < -0.4 is 10.9 Å². The van der Waals surface area contributed by atoms with E-state index in [-0.39, 0.29) is 28.8 Å². The van der Waals surface area contributed by atoms with Crippen LogP contribution in [0.3, 0.4) is 0 Å². The average Bonchev–Trinajstić information content (AvgIpc) is 2.73. The van der Waals surface area contributed by atoms with Gasteiger partial charge in [-0.3, -0.25) is 14.2 Å². The van der Waals surface area contributed by atoms with E-state index < -0.39 is 0 Å². The summed E-state index contributed by atoms with van der Waals surface area (Å²) in [4.78, 5) is 30.7. The molecular formula is C24H29N3O2S. The molecule has 30 heavy (non-hydrogen) atoms. The number of fused-ring (bicyclic) bond motifs is 1. The number of carbonyl (C=O) groups is 1. The van der Waals surface area contributed by atoms with Gasteiger partial charge >= 0.3 is 0 Å². The second-order valence-electron chi connectivity index (χ2n) is 7.70. The first kappa shape index (κ1) is 22.1. The summed E-state index contributed by atoms with van der Waals surface area (Å²) in [5.74, 6) is -0.0555. The Balaban J connectivity index is 1.85. The van der Waals surface area contributed by atoms with Gasteiger partial charge < -0.3 is 5.32 Å². The van der Waals surface area contributed by atoms with Crippen LogP contribution in [0.25, 0.3) is 10.9 Å². The van der Waals surface area contributed by atoms with Crippen molar-refractivity contribution in [2.45, 2.75) is 63.0 Å². The Morgan fingerprint density at radius 3 is 2.40 bits per heavy atom. The van der Waals surface area contributed by atoms with Gasteiger partial charge in [0.25, 0.3) is 5.56 Å². The highest BCUT2D eigenvalue weighted by atomic mass is 32.2. The molecule has 0 fully saturated rings. The smallest absolute Gasteiger partial charge is 0.262 e. The van der Waals surface area contributed by atoms with E-state index in [2.05, 4.69) is 12.2 Å². The summed E-state index contributed by atoms with van der Waals surface area (Å²) in [7, 11) is 0. The number of nitrogens with one attached hydrogen (secondary N) is 1.